The molecule has 1 saturated heterocycles. The number of thiophene rings is 1. The summed E-state index contributed by atoms with van der Waals surface area (Å²) in [5.74, 6) is 0. The van der Waals surface area contributed by atoms with E-state index in [1.165, 1.54) is 15.0 Å². The monoisotopic (exact) mass is 294 g/mol. The summed E-state index contributed by atoms with van der Waals surface area (Å²) < 4.78 is 1.28. The van der Waals surface area contributed by atoms with Crippen LogP contribution in [0.3, 0.4) is 0 Å². The predicted octanol–water partition coefficient (Wildman–Crippen LogP) is 3.87. The van der Waals surface area contributed by atoms with Crippen LogP contribution >= 0.6 is 22.9 Å². The summed E-state index contributed by atoms with van der Waals surface area (Å²) in [6, 6.07) is 9.28. The van der Waals surface area contributed by atoms with Gasteiger partial charge in [-0.3, -0.25) is 4.90 Å². The third-order valence-corrected chi connectivity index (χ3v) is 5.70. The third kappa shape index (κ3) is 2.65. The van der Waals surface area contributed by atoms with Gasteiger partial charge < -0.3 is 5.73 Å². The molecule has 1 aliphatic rings. The first-order valence-electron chi connectivity index (χ1n) is 6.80. The Morgan fingerprint density at radius 3 is 2.95 bits per heavy atom. The van der Waals surface area contributed by atoms with Crippen LogP contribution in [0.2, 0.25) is 5.02 Å². The molecule has 2 heterocycles. The Balaban J connectivity index is 1.83. The van der Waals surface area contributed by atoms with Gasteiger partial charge in [0.1, 0.15) is 0 Å². The van der Waals surface area contributed by atoms with E-state index in [0.717, 1.165) is 31.0 Å². The molecule has 0 aliphatic carbocycles. The van der Waals surface area contributed by atoms with Gasteiger partial charge in [-0.2, -0.15) is 0 Å². The fourth-order valence-corrected chi connectivity index (χ4v) is 4.36. The number of fused-ring (bicyclic) bond motifs is 1. The first-order chi connectivity index (χ1) is 9.15. The maximum absolute atomic E-state index is 6.51. The van der Waals surface area contributed by atoms with Crippen molar-refractivity contribution in [1.29, 1.82) is 0 Å². The first kappa shape index (κ1) is 13.4. The van der Waals surface area contributed by atoms with Gasteiger partial charge in [0, 0.05) is 40.1 Å². The molecule has 1 aromatic carbocycles. The highest BCUT2D eigenvalue weighted by Gasteiger charge is 2.24. The summed E-state index contributed by atoms with van der Waals surface area (Å²) in [5.41, 5.74) is 6.02. The molecule has 2 atom stereocenters. The Morgan fingerprint density at radius 2 is 2.21 bits per heavy atom. The molecule has 0 radical (unpaired) electrons. The minimum absolute atomic E-state index is 0.365. The summed E-state index contributed by atoms with van der Waals surface area (Å²) >= 11 is 8.33. The van der Waals surface area contributed by atoms with Gasteiger partial charge in [0.15, 0.2) is 0 Å². The van der Waals surface area contributed by atoms with Crippen molar-refractivity contribution in [3.05, 3.63) is 34.2 Å². The first-order valence-corrected chi connectivity index (χ1v) is 8.00. The maximum Gasteiger partial charge on any atom is 0.0637 e. The molecule has 2 aromatic rings. The highest BCUT2D eigenvalue weighted by atomic mass is 35.5. The second-order valence-electron chi connectivity index (χ2n) is 5.44. The lowest BCUT2D eigenvalue weighted by molar-refractivity contribution is 0.141. The molecule has 19 heavy (non-hydrogen) atoms. The zero-order valence-electron chi connectivity index (χ0n) is 11.1. The highest BCUT2D eigenvalue weighted by molar-refractivity contribution is 7.19. The number of hydrogen-bond acceptors (Lipinski definition) is 3. The Labute approximate surface area is 123 Å². The van der Waals surface area contributed by atoms with Gasteiger partial charge in [0.2, 0.25) is 0 Å². The topological polar surface area (TPSA) is 29.3 Å². The van der Waals surface area contributed by atoms with Crippen LogP contribution in [0.5, 0.6) is 0 Å². The Hall–Kier alpha value is -0.610. The van der Waals surface area contributed by atoms with Crippen molar-refractivity contribution in [1.82, 2.24) is 4.90 Å². The van der Waals surface area contributed by atoms with Crippen molar-refractivity contribution >= 4 is 33.0 Å². The second kappa shape index (κ2) is 5.41. The van der Waals surface area contributed by atoms with E-state index in [0.29, 0.717) is 12.1 Å². The summed E-state index contributed by atoms with van der Waals surface area (Å²) in [4.78, 5) is 3.78. The molecule has 0 bridgehead atoms. The number of rotatable bonds is 2. The van der Waals surface area contributed by atoms with Gasteiger partial charge in [0.05, 0.1) is 5.02 Å². The predicted molar refractivity (Wildman–Crippen MR) is 83.9 cm³/mol. The number of likely N-dealkylation sites (tertiary alicyclic amines) is 1. The van der Waals surface area contributed by atoms with E-state index in [1.807, 2.05) is 17.4 Å². The molecule has 1 aliphatic heterocycles. The van der Waals surface area contributed by atoms with Crippen molar-refractivity contribution in [3.8, 4) is 0 Å². The number of nitrogens with zero attached hydrogens (tertiary/aromatic N) is 1. The van der Waals surface area contributed by atoms with Crippen molar-refractivity contribution in [2.75, 3.05) is 6.54 Å². The molecular formula is C15H19ClN2S. The number of hydrogen-bond donors (Lipinski definition) is 1. The maximum atomic E-state index is 6.51. The number of nitrogens with two attached hydrogens (primary N) is 1. The van der Waals surface area contributed by atoms with E-state index in [2.05, 4.69) is 30.0 Å². The molecule has 2 nitrogen and oxygen atoms in total. The van der Waals surface area contributed by atoms with Gasteiger partial charge in [-0.1, -0.05) is 29.8 Å². The molecule has 4 heteroatoms. The Kier molecular flexibility index (Phi) is 3.81. The Bertz CT molecular complexity index is 581. The van der Waals surface area contributed by atoms with Crippen molar-refractivity contribution in [2.45, 2.75) is 38.4 Å². The van der Waals surface area contributed by atoms with E-state index in [9.17, 15) is 0 Å². The molecule has 2 unspecified atom stereocenters. The smallest absolute Gasteiger partial charge is 0.0637 e. The fourth-order valence-electron chi connectivity index (χ4n) is 2.84. The lowest BCUT2D eigenvalue weighted by Gasteiger charge is -2.36. The minimum Gasteiger partial charge on any atom is -0.328 e. The van der Waals surface area contributed by atoms with E-state index in [1.54, 1.807) is 0 Å². The van der Waals surface area contributed by atoms with Crippen LogP contribution in [0.4, 0.5) is 0 Å². The minimum atomic E-state index is 0.365. The Morgan fingerprint density at radius 1 is 1.42 bits per heavy atom. The molecule has 0 spiro atoms. The third-order valence-electron chi connectivity index (χ3n) is 4.00. The standard InChI is InChI=1S/C15H19ClN2S/c1-10-8-11(17)6-7-18(10)9-14-15(16)12-4-2-3-5-13(12)19-14/h2-5,10-11H,6-9,17H2,1H3. The fraction of sp³-hybridized carbons (Fsp3) is 0.467. The van der Waals surface area contributed by atoms with Crippen LogP contribution in [-0.4, -0.2) is 23.5 Å². The molecule has 1 fully saturated rings. The largest absolute Gasteiger partial charge is 0.328 e. The van der Waals surface area contributed by atoms with Crippen molar-refractivity contribution < 1.29 is 0 Å². The van der Waals surface area contributed by atoms with Crippen LogP contribution in [-0.2, 0) is 6.54 Å². The normalized spacial score (nSPS) is 25.0. The van der Waals surface area contributed by atoms with Crippen LogP contribution in [0.15, 0.2) is 24.3 Å². The molecule has 0 amide bonds. The summed E-state index contributed by atoms with van der Waals surface area (Å²) in [7, 11) is 0. The summed E-state index contributed by atoms with van der Waals surface area (Å²) in [6.07, 6.45) is 2.18. The molecule has 1 aromatic heterocycles. The molecule has 2 N–H and O–H groups in total. The van der Waals surface area contributed by atoms with E-state index in [-0.39, 0.29) is 0 Å². The van der Waals surface area contributed by atoms with Gasteiger partial charge in [0.25, 0.3) is 0 Å². The SMILES string of the molecule is CC1CC(N)CCN1Cc1sc2ccccc2c1Cl. The van der Waals surface area contributed by atoms with Crippen LogP contribution in [0, 0.1) is 0 Å². The van der Waals surface area contributed by atoms with Gasteiger partial charge in [-0.15, -0.1) is 11.3 Å². The molecule has 3 rings (SSSR count). The summed E-state index contributed by atoms with van der Waals surface area (Å²) in [6.45, 7) is 4.29. The zero-order chi connectivity index (χ0) is 13.4. The molecular weight excluding hydrogens is 276 g/mol. The van der Waals surface area contributed by atoms with E-state index >= 15 is 0 Å². The van der Waals surface area contributed by atoms with Gasteiger partial charge in [-0.25, -0.2) is 0 Å². The average molecular weight is 295 g/mol. The lowest BCUT2D eigenvalue weighted by atomic mass is 9.99. The van der Waals surface area contributed by atoms with Crippen molar-refractivity contribution in [3.63, 3.8) is 0 Å². The highest BCUT2D eigenvalue weighted by Crippen LogP contribution is 2.36. The van der Waals surface area contributed by atoms with Gasteiger partial charge in [-0.05, 0) is 25.8 Å². The van der Waals surface area contributed by atoms with Crippen LogP contribution in [0.1, 0.15) is 24.6 Å². The van der Waals surface area contributed by atoms with E-state index in [4.69, 9.17) is 17.3 Å². The lowest BCUT2D eigenvalue weighted by Crippen LogP contribution is -2.44. The number of halogens is 1. The molecule has 0 saturated carbocycles. The second-order valence-corrected chi connectivity index (χ2v) is 6.95. The number of benzene rings is 1. The molecule has 102 valence electrons. The number of piperidine rings is 1. The zero-order valence-corrected chi connectivity index (χ0v) is 12.7. The van der Waals surface area contributed by atoms with E-state index < -0.39 is 0 Å². The average Bonchev–Trinajstić information content (AvgIpc) is 2.70. The summed E-state index contributed by atoms with van der Waals surface area (Å²) in [5, 5.41) is 2.12. The van der Waals surface area contributed by atoms with Crippen LogP contribution < -0.4 is 5.73 Å². The quantitative estimate of drug-likeness (QED) is 0.911. The van der Waals surface area contributed by atoms with Crippen LogP contribution in [0.25, 0.3) is 10.1 Å². The van der Waals surface area contributed by atoms with Crippen molar-refractivity contribution in [2.24, 2.45) is 5.73 Å². The van der Waals surface area contributed by atoms with Gasteiger partial charge >= 0.3 is 0 Å².